The lowest BCUT2D eigenvalue weighted by Crippen LogP contribution is -2.43. The van der Waals surface area contributed by atoms with Crippen molar-refractivity contribution >= 4 is 0 Å². The van der Waals surface area contributed by atoms with E-state index < -0.39 is 0 Å². The first-order valence-electron chi connectivity index (χ1n) is 5.18. The zero-order valence-corrected chi connectivity index (χ0v) is 8.69. The van der Waals surface area contributed by atoms with E-state index >= 15 is 0 Å². The third kappa shape index (κ3) is 2.56. The van der Waals surface area contributed by atoms with Gasteiger partial charge in [-0.3, -0.25) is 4.79 Å². The Bertz CT molecular complexity index is 377. The van der Waals surface area contributed by atoms with Gasteiger partial charge in [-0.05, 0) is 18.9 Å². The Morgan fingerprint density at radius 1 is 1.60 bits per heavy atom. The molecule has 5 heteroatoms. The molecule has 2 N–H and O–H groups in total. The second-order valence-corrected chi connectivity index (χ2v) is 3.88. The lowest BCUT2D eigenvalue weighted by Gasteiger charge is -2.29. The molecule has 0 spiro atoms. The normalized spacial score (nSPS) is 26.2. The number of H-pyrrole nitrogens is 1. The van der Waals surface area contributed by atoms with Crippen LogP contribution in [0.3, 0.4) is 0 Å². The van der Waals surface area contributed by atoms with E-state index in [1.807, 2.05) is 0 Å². The second kappa shape index (κ2) is 4.44. The summed E-state index contributed by atoms with van der Waals surface area (Å²) in [7, 11) is 0. The summed E-state index contributed by atoms with van der Waals surface area (Å²) in [4.78, 5) is 17.4. The Balaban J connectivity index is 2.04. The molecule has 1 aliphatic rings. The molecule has 0 saturated carbocycles. The minimum absolute atomic E-state index is 0.105. The average Bonchev–Trinajstić information content (AvgIpc) is 2.22. The molecule has 1 aromatic rings. The van der Waals surface area contributed by atoms with Gasteiger partial charge in [0.15, 0.2) is 0 Å². The van der Waals surface area contributed by atoms with Gasteiger partial charge < -0.3 is 15.0 Å². The number of hydrogen-bond donors (Lipinski definition) is 2. The van der Waals surface area contributed by atoms with Gasteiger partial charge in [0.25, 0.3) is 5.56 Å². The maximum absolute atomic E-state index is 11.0. The molecule has 82 valence electrons. The summed E-state index contributed by atoms with van der Waals surface area (Å²) >= 11 is 0. The molecule has 2 unspecified atom stereocenters. The van der Waals surface area contributed by atoms with E-state index in [1.54, 1.807) is 0 Å². The zero-order valence-electron chi connectivity index (χ0n) is 8.69. The lowest BCUT2D eigenvalue weighted by atomic mass is 9.97. The highest BCUT2D eigenvalue weighted by atomic mass is 16.5. The van der Waals surface area contributed by atoms with Crippen LogP contribution in [0.4, 0.5) is 0 Å². The number of aromatic nitrogens is 2. The highest BCUT2D eigenvalue weighted by molar-refractivity contribution is 5.06. The lowest BCUT2D eigenvalue weighted by molar-refractivity contribution is 0.109. The minimum atomic E-state index is -0.184. The standard InChI is InChI=1S/C10H15N3O2/c1-7-2-3-11-5-8(7)15-10-4-9(14)12-6-13-10/h4,6-8,11H,2-3,5H2,1H3,(H,12,13,14). The highest BCUT2D eigenvalue weighted by Crippen LogP contribution is 2.16. The summed E-state index contributed by atoms with van der Waals surface area (Å²) in [6.07, 6.45) is 2.56. The van der Waals surface area contributed by atoms with E-state index in [2.05, 4.69) is 22.2 Å². The van der Waals surface area contributed by atoms with Gasteiger partial charge in [-0.15, -0.1) is 0 Å². The van der Waals surface area contributed by atoms with E-state index in [4.69, 9.17) is 4.74 Å². The number of ether oxygens (including phenoxy) is 1. The Morgan fingerprint density at radius 2 is 2.47 bits per heavy atom. The van der Waals surface area contributed by atoms with Gasteiger partial charge in [0.2, 0.25) is 5.88 Å². The number of piperidine rings is 1. The molecule has 2 atom stereocenters. The van der Waals surface area contributed by atoms with Crippen molar-refractivity contribution in [2.75, 3.05) is 13.1 Å². The van der Waals surface area contributed by atoms with Gasteiger partial charge >= 0.3 is 0 Å². The fraction of sp³-hybridized carbons (Fsp3) is 0.600. The topological polar surface area (TPSA) is 67.0 Å². The molecule has 0 bridgehead atoms. The first kappa shape index (κ1) is 10.2. The summed E-state index contributed by atoms with van der Waals surface area (Å²) in [6, 6.07) is 1.38. The maximum atomic E-state index is 11.0. The monoisotopic (exact) mass is 209 g/mol. The molecule has 0 aliphatic carbocycles. The van der Waals surface area contributed by atoms with Gasteiger partial charge in [-0.2, -0.15) is 0 Å². The molecular formula is C10H15N3O2. The largest absolute Gasteiger partial charge is 0.473 e. The van der Waals surface area contributed by atoms with E-state index in [0.717, 1.165) is 19.5 Å². The smallest absolute Gasteiger partial charge is 0.254 e. The molecule has 2 rings (SSSR count). The molecule has 1 saturated heterocycles. The van der Waals surface area contributed by atoms with Crippen LogP contribution in [-0.4, -0.2) is 29.2 Å². The van der Waals surface area contributed by atoms with E-state index in [0.29, 0.717) is 11.8 Å². The van der Waals surface area contributed by atoms with Crippen molar-refractivity contribution in [3.8, 4) is 5.88 Å². The summed E-state index contributed by atoms with van der Waals surface area (Å²) < 4.78 is 5.65. The molecule has 1 fully saturated rings. The van der Waals surface area contributed by atoms with E-state index in [9.17, 15) is 4.79 Å². The van der Waals surface area contributed by atoms with E-state index in [1.165, 1.54) is 12.4 Å². The predicted octanol–water partition coefficient (Wildman–Crippen LogP) is 0.147. The van der Waals surface area contributed by atoms with Crippen molar-refractivity contribution in [3.63, 3.8) is 0 Å². The Morgan fingerprint density at radius 3 is 3.20 bits per heavy atom. The minimum Gasteiger partial charge on any atom is -0.473 e. The molecule has 0 radical (unpaired) electrons. The highest BCUT2D eigenvalue weighted by Gasteiger charge is 2.22. The summed E-state index contributed by atoms with van der Waals surface area (Å²) in [5.74, 6) is 0.895. The van der Waals surface area contributed by atoms with Gasteiger partial charge in [0.1, 0.15) is 6.10 Å². The van der Waals surface area contributed by atoms with Crippen LogP contribution in [0.25, 0.3) is 0 Å². The summed E-state index contributed by atoms with van der Waals surface area (Å²) in [5, 5.41) is 3.26. The number of hydrogen-bond acceptors (Lipinski definition) is 4. The second-order valence-electron chi connectivity index (χ2n) is 3.88. The van der Waals surface area contributed by atoms with Crippen molar-refractivity contribution in [3.05, 3.63) is 22.7 Å². The van der Waals surface area contributed by atoms with Crippen molar-refractivity contribution in [2.24, 2.45) is 5.92 Å². The van der Waals surface area contributed by atoms with Crippen molar-refractivity contribution < 1.29 is 4.74 Å². The van der Waals surface area contributed by atoms with Crippen LogP contribution < -0.4 is 15.6 Å². The number of aromatic amines is 1. The Kier molecular flexibility index (Phi) is 3.01. The predicted molar refractivity (Wildman–Crippen MR) is 55.9 cm³/mol. The zero-order chi connectivity index (χ0) is 10.7. The van der Waals surface area contributed by atoms with Crippen LogP contribution in [0.1, 0.15) is 13.3 Å². The molecule has 0 amide bonds. The summed E-state index contributed by atoms with van der Waals surface area (Å²) in [6.45, 7) is 4.00. The third-order valence-electron chi connectivity index (χ3n) is 2.68. The maximum Gasteiger partial charge on any atom is 0.254 e. The van der Waals surface area contributed by atoms with Crippen molar-refractivity contribution in [2.45, 2.75) is 19.4 Å². The fourth-order valence-electron chi connectivity index (χ4n) is 1.69. The molecule has 1 aliphatic heterocycles. The molecule has 2 heterocycles. The Hall–Kier alpha value is -1.36. The van der Waals surface area contributed by atoms with Crippen LogP contribution in [0.5, 0.6) is 5.88 Å². The number of rotatable bonds is 2. The third-order valence-corrected chi connectivity index (χ3v) is 2.68. The molecule has 1 aromatic heterocycles. The van der Waals surface area contributed by atoms with Gasteiger partial charge in [0.05, 0.1) is 12.4 Å². The van der Waals surface area contributed by atoms with Crippen LogP contribution in [0.15, 0.2) is 17.2 Å². The average molecular weight is 209 g/mol. The van der Waals surface area contributed by atoms with Gasteiger partial charge in [0, 0.05) is 6.54 Å². The first-order valence-corrected chi connectivity index (χ1v) is 5.18. The van der Waals surface area contributed by atoms with Crippen molar-refractivity contribution in [1.29, 1.82) is 0 Å². The fourth-order valence-corrected chi connectivity index (χ4v) is 1.69. The molecule has 15 heavy (non-hydrogen) atoms. The van der Waals surface area contributed by atoms with Crippen LogP contribution in [-0.2, 0) is 0 Å². The molecule has 5 nitrogen and oxygen atoms in total. The Labute approximate surface area is 87.9 Å². The first-order chi connectivity index (χ1) is 7.25. The quantitative estimate of drug-likeness (QED) is 0.727. The van der Waals surface area contributed by atoms with Crippen LogP contribution in [0, 0.1) is 5.92 Å². The van der Waals surface area contributed by atoms with Gasteiger partial charge in [-0.1, -0.05) is 6.92 Å². The summed E-state index contributed by atoms with van der Waals surface area (Å²) in [5.41, 5.74) is -0.184. The van der Waals surface area contributed by atoms with Crippen molar-refractivity contribution in [1.82, 2.24) is 15.3 Å². The number of nitrogens with one attached hydrogen (secondary N) is 2. The van der Waals surface area contributed by atoms with Crippen LogP contribution in [0.2, 0.25) is 0 Å². The molecular weight excluding hydrogens is 194 g/mol. The van der Waals surface area contributed by atoms with Gasteiger partial charge in [-0.25, -0.2) is 4.98 Å². The number of nitrogens with zero attached hydrogens (tertiary/aromatic N) is 1. The van der Waals surface area contributed by atoms with Crippen LogP contribution >= 0.6 is 0 Å². The molecule has 0 aromatic carbocycles. The SMILES string of the molecule is CC1CCNCC1Oc1cc(=O)[nH]cn1. The van der Waals surface area contributed by atoms with E-state index in [-0.39, 0.29) is 11.7 Å².